The minimum absolute atomic E-state index is 0.109. The Balaban J connectivity index is 2.43. The van der Waals surface area contributed by atoms with Crippen LogP contribution in [-0.4, -0.2) is 5.91 Å². The zero-order chi connectivity index (χ0) is 12.4. The van der Waals surface area contributed by atoms with E-state index in [1.54, 1.807) is 0 Å². The molecule has 5 heteroatoms. The van der Waals surface area contributed by atoms with E-state index in [9.17, 15) is 4.79 Å². The summed E-state index contributed by atoms with van der Waals surface area (Å²) in [5, 5.41) is 12.0. The Morgan fingerprint density at radius 1 is 1.41 bits per heavy atom. The fourth-order valence-corrected chi connectivity index (χ4v) is 2.41. The third-order valence-corrected chi connectivity index (χ3v) is 3.53. The van der Waals surface area contributed by atoms with Crippen LogP contribution >= 0.6 is 28.6 Å². The molecule has 1 aliphatic rings. The van der Waals surface area contributed by atoms with E-state index < -0.39 is 0 Å². The first-order valence-electron chi connectivity index (χ1n) is 5.00. The van der Waals surface area contributed by atoms with E-state index in [1.807, 2.05) is 24.3 Å². The number of carbonyl (C=O) groups excluding carboxylic acids is 1. The predicted octanol–water partition coefficient (Wildman–Crippen LogP) is 2.72. The highest BCUT2D eigenvalue weighted by molar-refractivity contribution is 9.10. The summed E-state index contributed by atoms with van der Waals surface area (Å²) in [6.45, 7) is 0. The van der Waals surface area contributed by atoms with Crippen molar-refractivity contribution in [3.05, 3.63) is 44.9 Å². The normalized spacial score (nSPS) is 19.8. The molecule has 1 amide bonds. The van der Waals surface area contributed by atoms with Crippen molar-refractivity contribution in [3.8, 4) is 6.07 Å². The van der Waals surface area contributed by atoms with E-state index in [0.29, 0.717) is 10.6 Å². The molecule has 0 aliphatic carbocycles. The molecule has 1 aromatic rings. The van der Waals surface area contributed by atoms with Gasteiger partial charge >= 0.3 is 0 Å². The highest BCUT2D eigenvalue weighted by Gasteiger charge is 2.27. The first kappa shape index (κ1) is 12.2. The Morgan fingerprint density at radius 2 is 2.06 bits per heavy atom. The van der Waals surface area contributed by atoms with Crippen molar-refractivity contribution in [1.29, 1.82) is 5.26 Å². The van der Waals surface area contributed by atoms with E-state index in [-0.39, 0.29) is 18.2 Å². The van der Waals surface area contributed by atoms with E-state index in [2.05, 4.69) is 39.9 Å². The summed E-state index contributed by atoms with van der Waals surface area (Å²) in [6, 6.07) is 9.73. The second-order valence-electron chi connectivity index (χ2n) is 3.73. The van der Waals surface area contributed by atoms with Gasteiger partial charge < -0.3 is 5.32 Å². The molecule has 1 aliphatic heterocycles. The van der Waals surface area contributed by atoms with Gasteiger partial charge in [0.05, 0.1) is 16.7 Å². The first-order valence-corrected chi connectivity index (χ1v) is 6.24. The molecule has 86 valence electrons. The highest BCUT2D eigenvalue weighted by Crippen LogP contribution is 2.33. The molecule has 3 nitrogen and oxygen atoms in total. The molecule has 0 fully saturated rings. The standard InChI is InChI=1S/C12H9BrN2OS/c13-8-3-1-7(2-4-8)9-5-11(16)15-12(17)10(9)6-14/h1-4,9,17H,5H2,(H,15,16)/t9-/m1/s1. The molecule has 1 atom stereocenters. The van der Waals surface area contributed by atoms with Crippen LogP contribution < -0.4 is 5.32 Å². The number of nitrogens with one attached hydrogen (secondary N) is 1. The van der Waals surface area contributed by atoms with Crippen LogP contribution in [0.3, 0.4) is 0 Å². The van der Waals surface area contributed by atoms with Crippen molar-refractivity contribution in [2.75, 3.05) is 0 Å². The smallest absolute Gasteiger partial charge is 0.225 e. The fourth-order valence-electron chi connectivity index (χ4n) is 1.81. The second-order valence-corrected chi connectivity index (χ2v) is 5.09. The van der Waals surface area contributed by atoms with Gasteiger partial charge in [-0.05, 0) is 17.7 Å². The average molecular weight is 309 g/mol. The van der Waals surface area contributed by atoms with Crippen LogP contribution in [0, 0.1) is 11.3 Å². The highest BCUT2D eigenvalue weighted by atomic mass is 79.9. The van der Waals surface area contributed by atoms with Gasteiger partial charge in [-0.2, -0.15) is 5.26 Å². The van der Waals surface area contributed by atoms with Gasteiger partial charge in [0.25, 0.3) is 0 Å². The maximum atomic E-state index is 11.5. The molecule has 0 bridgehead atoms. The lowest BCUT2D eigenvalue weighted by Crippen LogP contribution is -2.29. The maximum Gasteiger partial charge on any atom is 0.225 e. The molecule has 0 aromatic heterocycles. The van der Waals surface area contributed by atoms with Crippen LogP contribution in [0.1, 0.15) is 17.9 Å². The minimum Gasteiger partial charge on any atom is -0.320 e. The first-order chi connectivity index (χ1) is 8.11. The molecule has 1 aromatic carbocycles. The number of hydrogen-bond donors (Lipinski definition) is 2. The summed E-state index contributed by atoms with van der Waals surface area (Å²) in [5.41, 5.74) is 1.46. The van der Waals surface area contributed by atoms with Crippen LogP contribution in [0.5, 0.6) is 0 Å². The predicted molar refractivity (Wildman–Crippen MR) is 71.3 cm³/mol. The zero-order valence-corrected chi connectivity index (χ0v) is 11.3. The van der Waals surface area contributed by atoms with Gasteiger partial charge in [0.1, 0.15) is 0 Å². The van der Waals surface area contributed by atoms with Crippen LogP contribution in [-0.2, 0) is 4.79 Å². The number of carbonyl (C=O) groups is 1. The second kappa shape index (κ2) is 4.94. The average Bonchev–Trinajstić information content (AvgIpc) is 2.29. The van der Waals surface area contributed by atoms with Crippen LogP contribution in [0.2, 0.25) is 0 Å². The number of benzene rings is 1. The third-order valence-electron chi connectivity index (χ3n) is 2.64. The number of nitriles is 1. The number of amides is 1. The van der Waals surface area contributed by atoms with Crippen molar-refractivity contribution in [2.45, 2.75) is 12.3 Å². The van der Waals surface area contributed by atoms with Crippen LogP contribution in [0.15, 0.2) is 39.3 Å². The van der Waals surface area contributed by atoms with Crippen molar-refractivity contribution in [2.24, 2.45) is 0 Å². The summed E-state index contributed by atoms with van der Waals surface area (Å²) in [7, 11) is 0. The van der Waals surface area contributed by atoms with Gasteiger partial charge in [-0.25, -0.2) is 0 Å². The largest absolute Gasteiger partial charge is 0.320 e. The van der Waals surface area contributed by atoms with Gasteiger partial charge in [0.2, 0.25) is 5.91 Å². The van der Waals surface area contributed by atoms with Crippen molar-refractivity contribution in [3.63, 3.8) is 0 Å². The van der Waals surface area contributed by atoms with Crippen molar-refractivity contribution < 1.29 is 4.79 Å². The molecule has 1 N–H and O–H groups in total. The van der Waals surface area contributed by atoms with E-state index in [0.717, 1.165) is 10.0 Å². The van der Waals surface area contributed by atoms with E-state index >= 15 is 0 Å². The van der Waals surface area contributed by atoms with Crippen LogP contribution in [0.25, 0.3) is 0 Å². The lowest BCUT2D eigenvalue weighted by Gasteiger charge is -2.23. The maximum absolute atomic E-state index is 11.5. The Hall–Kier alpha value is -1.25. The van der Waals surface area contributed by atoms with Crippen LogP contribution in [0.4, 0.5) is 0 Å². The van der Waals surface area contributed by atoms with Gasteiger partial charge in [-0.15, -0.1) is 12.6 Å². The lowest BCUT2D eigenvalue weighted by atomic mass is 9.87. The summed E-state index contributed by atoms with van der Waals surface area (Å²) in [5.74, 6) is -0.309. The molecular formula is C12H9BrN2OS. The topological polar surface area (TPSA) is 52.9 Å². The lowest BCUT2D eigenvalue weighted by molar-refractivity contribution is -0.120. The van der Waals surface area contributed by atoms with Gasteiger partial charge in [0, 0.05) is 16.8 Å². The Bertz CT molecular complexity index is 530. The zero-order valence-electron chi connectivity index (χ0n) is 8.77. The monoisotopic (exact) mass is 308 g/mol. The number of rotatable bonds is 1. The number of nitrogens with zero attached hydrogens (tertiary/aromatic N) is 1. The summed E-state index contributed by atoms with van der Waals surface area (Å²) >= 11 is 7.50. The summed E-state index contributed by atoms with van der Waals surface area (Å²) in [6.07, 6.45) is 0.286. The molecule has 0 saturated heterocycles. The number of allylic oxidation sites excluding steroid dienone is 1. The Labute approximate surface area is 113 Å². The fraction of sp³-hybridized carbons (Fsp3) is 0.167. The van der Waals surface area contributed by atoms with Crippen molar-refractivity contribution in [1.82, 2.24) is 5.32 Å². The minimum atomic E-state index is -0.200. The molecule has 17 heavy (non-hydrogen) atoms. The molecule has 1 heterocycles. The van der Waals surface area contributed by atoms with E-state index in [1.165, 1.54) is 0 Å². The Morgan fingerprint density at radius 3 is 2.65 bits per heavy atom. The molecule has 0 radical (unpaired) electrons. The van der Waals surface area contributed by atoms with Crippen molar-refractivity contribution >= 4 is 34.5 Å². The molecule has 0 spiro atoms. The SMILES string of the molecule is N#CC1=C(S)NC(=O)C[C@@H]1c1ccc(Br)cc1. The molecule has 2 rings (SSSR count). The number of thiol groups is 1. The van der Waals surface area contributed by atoms with E-state index in [4.69, 9.17) is 5.26 Å². The number of hydrogen-bond acceptors (Lipinski definition) is 3. The molecular weight excluding hydrogens is 300 g/mol. The van der Waals surface area contributed by atoms with Gasteiger partial charge in [0.15, 0.2) is 0 Å². The molecule has 0 saturated carbocycles. The third kappa shape index (κ3) is 2.54. The number of halogens is 1. The summed E-state index contributed by atoms with van der Waals surface area (Å²) < 4.78 is 0.968. The quantitative estimate of drug-likeness (QED) is 0.784. The summed E-state index contributed by atoms with van der Waals surface area (Å²) in [4.78, 5) is 11.5. The van der Waals surface area contributed by atoms with Gasteiger partial charge in [-0.1, -0.05) is 28.1 Å². The van der Waals surface area contributed by atoms with Gasteiger partial charge in [-0.3, -0.25) is 4.79 Å². The molecule has 0 unspecified atom stereocenters. The Kier molecular flexibility index (Phi) is 3.55.